The highest BCUT2D eigenvalue weighted by atomic mass is 35.5. The molecule has 0 fully saturated rings. The van der Waals surface area contributed by atoms with E-state index in [4.69, 9.17) is 21.1 Å². The van der Waals surface area contributed by atoms with Crippen LogP contribution in [0, 0.1) is 0 Å². The number of halogens is 1. The second-order valence-electron chi connectivity index (χ2n) is 4.46. The summed E-state index contributed by atoms with van der Waals surface area (Å²) in [6.45, 7) is 0. The minimum absolute atomic E-state index is 0.0595. The number of hydrogen-bond acceptors (Lipinski definition) is 5. The molecule has 0 spiro atoms. The zero-order valence-electron chi connectivity index (χ0n) is 12.4. The molecule has 0 heterocycles. The average molecular weight is 356 g/mol. The molecule has 0 aromatic heterocycles. The Morgan fingerprint density at radius 2 is 1.61 bits per heavy atom. The third-order valence-corrected chi connectivity index (χ3v) is 4.60. The highest BCUT2D eigenvalue weighted by Gasteiger charge is 2.19. The molecule has 2 aromatic carbocycles. The van der Waals surface area contributed by atoms with Gasteiger partial charge in [0.05, 0.1) is 19.1 Å². The largest absolute Gasteiger partial charge is 0.493 e. The van der Waals surface area contributed by atoms with Gasteiger partial charge in [0.2, 0.25) is 0 Å². The van der Waals surface area contributed by atoms with Crippen LogP contribution in [-0.4, -0.2) is 28.5 Å². The smallest absolute Gasteiger partial charge is 0.265 e. The molecule has 0 saturated carbocycles. The van der Waals surface area contributed by atoms with Crippen molar-refractivity contribution in [3.05, 3.63) is 53.1 Å². The quantitative estimate of drug-likeness (QED) is 0.891. The first-order valence-corrected chi connectivity index (χ1v) is 8.28. The third kappa shape index (κ3) is 3.94. The first kappa shape index (κ1) is 17.1. The fourth-order valence-corrected chi connectivity index (χ4v) is 2.93. The molecule has 0 atom stereocenters. The van der Waals surface area contributed by atoms with Gasteiger partial charge in [-0.15, -0.1) is 0 Å². The minimum atomic E-state index is -3.99. The highest BCUT2D eigenvalue weighted by Crippen LogP contribution is 2.27. The SMILES string of the molecule is COc1ccc(C(=O)NS(=O)(=O)c2ccc(Cl)cc2)cc1OC. The van der Waals surface area contributed by atoms with Crippen LogP contribution in [0.2, 0.25) is 5.02 Å². The Bertz CT molecular complexity index is 818. The van der Waals surface area contributed by atoms with Gasteiger partial charge in [0.1, 0.15) is 0 Å². The van der Waals surface area contributed by atoms with Gasteiger partial charge in [0, 0.05) is 10.6 Å². The molecule has 0 bridgehead atoms. The summed E-state index contributed by atoms with van der Waals surface area (Å²) in [7, 11) is -1.11. The van der Waals surface area contributed by atoms with Crippen molar-refractivity contribution in [1.29, 1.82) is 0 Å². The van der Waals surface area contributed by atoms with E-state index in [2.05, 4.69) is 0 Å². The van der Waals surface area contributed by atoms with Gasteiger partial charge in [0.25, 0.3) is 15.9 Å². The normalized spacial score (nSPS) is 10.9. The zero-order valence-corrected chi connectivity index (χ0v) is 13.9. The topological polar surface area (TPSA) is 81.7 Å². The lowest BCUT2D eigenvalue weighted by Gasteiger charge is -2.10. The fourth-order valence-electron chi connectivity index (χ4n) is 1.83. The third-order valence-electron chi connectivity index (χ3n) is 3.00. The lowest BCUT2D eigenvalue weighted by Crippen LogP contribution is -2.30. The van der Waals surface area contributed by atoms with Crippen LogP contribution in [0.5, 0.6) is 11.5 Å². The van der Waals surface area contributed by atoms with E-state index in [0.717, 1.165) is 0 Å². The van der Waals surface area contributed by atoms with Crippen LogP contribution in [0.1, 0.15) is 10.4 Å². The van der Waals surface area contributed by atoms with Crippen molar-refractivity contribution in [3.8, 4) is 11.5 Å². The molecule has 0 radical (unpaired) electrons. The summed E-state index contributed by atoms with van der Waals surface area (Å²) in [4.78, 5) is 12.1. The van der Waals surface area contributed by atoms with Gasteiger partial charge in [-0.3, -0.25) is 4.79 Å². The highest BCUT2D eigenvalue weighted by molar-refractivity contribution is 7.90. The van der Waals surface area contributed by atoms with Gasteiger partial charge >= 0.3 is 0 Å². The van der Waals surface area contributed by atoms with Gasteiger partial charge in [-0.1, -0.05) is 11.6 Å². The lowest BCUT2D eigenvalue weighted by atomic mass is 10.2. The Hall–Kier alpha value is -2.25. The van der Waals surface area contributed by atoms with Crippen LogP contribution in [-0.2, 0) is 10.0 Å². The van der Waals surface area contributed by atoms with Gasteiger partial charge in [-0.2, -0.15) is 0 Å². The minimum Gasteiger partial charge on any atom is -0.493 e. The van der Waals surface area contributed by atoms with Crippen molar-refractivity contribution in [2.75, 3.05) is 14.2 Å². The van der Waals surface area contributed by atoms with E-state index in [9.17, 15) is 13.2 Å². The molecular weight excluding hydrogens is 342 g/mol. The number of benzene rings is 2. The van der Waals surface area contributed by atoms with E-state index in [0.29, 0.717) is 16.5 Å². The van der Waals surface area contributed by atoms with E-state index in [1.54, 1.807) is 0 Å². The molecule has 23 heavy (non-hydrogen) atoms. The second-order valence-corrected chi connectivity index (χ2v) is 6.58. The molecule has 0 aliphatic rings. The van der Waals surface area contributed by atoms with Crippen LogP contribution in [0.15, 0.2) is 47.4 Å². The summed E-state index contributed by atoms with van der Waals surface area (Å²) in [6.07, 6.45) is 0. The van der Waals surface area contributed by atoms with Crippen LogP contribution < -0.4 is 14.2 Å². The molecule has 8 heteroatoms. The number of hydrogen-bond donors (Lipinski definition) is 1. The Morgan fingerprint density at radius 3 is 2.17 bits per heavy atom. The Morgan fingerprint density at radius 1 is 1.00 bits per heavy atom. The molecule has 0 saturated heterocycles. The van der Waals surface area contributed by atoms with E-state index in [1.807, 2.05) is 4.72 Å². The standard InChI is InChI=1S/C15H14ClNO5S/c1-21-13-8-3-10(9-14(13)22-2)15(18)17-23(19,20)12-6-4-11(16)5-7-12/h3-9H,1-2H3,(H,17,18). The number of nitrogens with one attached hydrogen (secondary N) is 1. The fraction of sp³-hybridized carbons (Fsp3) is 0.133. The monoisotopic (exact) mass is 355 g/mol. The number of ether oxygens (including phenoxy) is 2. The molecule has 1 N–H and O–H groups in total. The van der Waals surface area contributed by atoms with Crippen LogP contribution in [0.3, 0.4) is 0 Å². The van der Waals surface area contributed by atoms with Crippen molar-refractivity contribution in [2.24, 2.45) is 0 Å². The van der Waals surface area contributed by atoms with Crippen molar-refractivity contribution < 1.29 is 22.7 Å². The zero-order chi connectivity index (χ0) is 17.0. The molecule has 2 aromatic rings. The van der Waals surface area contributed by atoms with Gasteiger partial charge in [-0.25, -0.2) is 13.1 Å². The first-order chi connectivity index (χ1) is 10.9. The summed E-state index contributed by atoms with van der Waals surface area (Å²) < 4.78 is 36.5. The lowest BCUT2D eigenvalue weighted by molar-refractivity contribution is 0.0981. The maximum atomic E-state index is 12.2. The summed E-state index contributed by atoms with van der Waals surface area (Å²) in [5, 5.41) is 0.398. The number of carbonyl (C=O) groups is 1. The number of sulfonamides is 1. The van der Waals surface area contributed by atoms with E-state index < -0.39 is 15.9 Å². The molecular formula is C15H14ClNO5S. The first-order valence-electron chi connectivity index (χ1n) is 6.42. The van der Waals surface area contributed by atoms with Crippen molar-refractivity contribution >= 4 is 27.5 Å². The van der Waals surface area contributed by atoms with E-state index in [-0.39, 0.29) is 10.5 Å². The van der Waals surface area contributed by atoms with Crippen molar-refractivity contribution in [1.82, 2.24) is 4.72 Å². The Kier molecular flexibility index (Phi) is 5.12. The number of carbonyl (C=O) groups excluding carboxylic acids is 1. The summed E-state index contributed by atoms with van der Waals surface area (Å²) in [5.41, 5.74) is 0.125. The Balaban J connectivity index is 2.26. The van der Waals surface area contributed by atoms with Crippen LogP contribution >= 0.6 is 11.6 Å². The molecule has 1 amide bonds. The van der Waals surface area contributed by atoms with Gasteiger partial charge in [0.15, 0.2) is 11.5 Å². The molecule has 122 valence electrons. The predicted molar refractivity (Wildman–Crippen MR) is 85.7 cm³/mol. The van der Waals surface area contributed by atoms with Crippen molar-refractivity contribution in [3.63, 3.8) is 0 Å². The summed E-state index contributed by atoms with van der Waals surface area (Å²) in [5.74, 6) is -0.0189. The van der Waals surface area contributed by atoms with E-state index >= 15 is 0 Å². The van der Waals surface area contributed by atoms with Gasteiger partial charge in [-0.05, 0) is 42.5 Å². The molecule has 0 unspecified atom stereocenters. The molecule has 0 aliphatic heterocycles. The number of rotatable bonds is 5. The average Bonchev–Trinajstić information content (AvgIpc) is 2.54. The molecule has 2 rings (SSSR count). The molecule has 6 nitrogen and oxygen atoms in total. The second kappa shape index (κ2) is 6.89. The number of amides is 1. The van der Waals surface area contributed by atoms with Gasteiger partial charge < -0.3 is 9.47 Å². The summed E-state index contributed by atoms with van der Waals surface area (Å²) >= 11 is 5.72. The maximum absolute atomic E-state index is 12.2. The van der Waals surface area contributed by atoms with E-state index in [1.165, 1.54) is 56.7 Å². The van der Waals surface area contributed by atoms with Crippen LogP contribution in [0.4, 0.5) is 0 Å². The predicted octanol–water partition coefficient (Wildman–Crippen LogP) is 2.48. The molecule has 0 aliphatic carbocycles. The number of methoxy groups -OCH3 is 2. The van der Waals surface area contributed by atoms with Crippen molar-refractivity contribution in [2.45, 2.75) is 4.90 Å². The Labute approximate surface area is 139 Å². The maximum Gasteiger partial charge on any atom is 0.265 e. The summed E-state index contributed by atoms with van der Waals surface area (Å²) in [6, 6.07) is 9.83. The van der Waals surface area contributed by atoms with Crippen LogP contribution in [0.25, 0.3) is 0 Å².